The van der Waals surface area contributed by atoms with Gasteiger partial charge in [-0.1, -0.05) is 24.3 Å². The summed E-state index contributed by atoms with van der Waals surface area (Å²) in [5.41, 5.74) is -2.14. The monoisotopic (exact) mass is 298 g/mol. The number of nitrogens with zero attached hydrogens (tertiary/aromatic N) is 2. The van der Waals surface area contributed by atoms with Crippen molar-refractivity contribution in [1.29, 1.82) is 10.5 Å². The van der Waals surface area contributed by atoms with E-state index >= 15 is 0 Å². The first-order valence-electron chi connectivity index (χ1n) is 6.97. The van der Waals surface area contributed by atoms with Crippen molar-refractivity contribution in [3.63, 3.8) is 0 Å². The average Bonchev–Trinajstić information content (AvgIpc) is 2.94. The average molecular weight is 298 g/mol. The van der Waals surface area contributed by atoms with Crippen LogP contribution in [0.2, 0.25) is 0 Å². The second-order valence-electron chi connectivity index (χ2n) is 5.54. The molecule has 2 heterocycles. The molecule has 0 saturated carbocycles. The molecule has 1 fully saturated rings. The molecule has 6 heteroatoms. The van der Waals surface area contributed by atoms with Crippen molar-refractivity contribution < 1.29 is 19.4 Å². The van der Waals surface area contributed by atoms with Crippen molar-refractivity contribution in [1.82, 2.24) is 0 Å². The van der Waals surface area contributed by atoms with Crippen LogP contribution in [0.25, 0.3) is 0 Å². The minimum Gasteiger partial charge on any atom is -0.465 e. The van der Waals surface area contributed by atoms with Gasteiger partial charge in [-0.05, 0) is 6.92 Å². The molecule has 3 unspecified atom stereocenters. The maximum absolute atomic E-state index is 12.5. The van der Waals surface area contributed by atoms with Gasteiger partial charge in [-0.15, -0.1) is 0 Å². The van der Waals surface area contributed by atoms with Crippen LogP contribution in [-0.4, -0.2) is 17.7 Å². The summed E-state index contributed by atoms with van der Waals surface area (Å²) in [5, 5.41) is 29.8. The van der Waals surface area contributed by atoms with E-state index in [0.29, 0.717) is 11.1 Å². The molecule has 1 aromatic carbocycles. The van der Waals surface area contributed by atoms with E-state index in [2.05, 4.69) is 6.07 Å². The fourth-order valence-corrected chi connectivity index (χ4v) is 3.52. The number of carbonyl (C=O) groups is 1. The lowest BCUT2D eigenvalue weighted by Crippen LogP contribution is -2.49. The van der Waals surface area contributed by atoms with Gasteiger partial charge in [0.2, 0.25) is 5.79 Å². The Balaban J connectivity index is 2.24. The fourth-order valence-electron chi connectivity index (χ4n) is 3.52. The first-order chi connectivity index (χ1) is 10.5. The second kappa shape index (κ2) is 4.54. The number of nitriles is 2. The topological polar surface area (TPSA) is 103 Å². The summed E-state index contributed by atoms with van der Waals surface area (Å²) in [6, 6.07) is 10.7. The number of fused-ring (bicyclic) bond motifs is 5. The minimum atomic E-state index is -2.03. The van der Waals surface area contributed by atoms with Gasteiger partial charge in [0.1, 0.15) is 11.5 Å². The van der Waals surface area contributed by atoms with Gasteiger partial charge in [0.25, 0.3) is 0 Å². The third-order valence-electron chi connectivity index (χ3n) is 4.48. The molecule has 0 amide bonds. The molecule has 0 aliphatic carbocycles. The summed E-state index contributed by atoms with van der Waals surface area (Å²) in [4.78, 5) is 12.5. The number of benzene rings is 1. The molecule has 3 rings (SSSR count). The summed E-state index contributed by atoms with van der Waals surface area (Å²) in [6.45, 7) is 1.76. The molecule has 0 aromatic heterocycles. The Kier molecular flexibility index (Phi) is 3.00. The van der Waals surface area contributed by atoms with Crippen LogP contribution < -0.4 is 0 Å². The van der Waals surface area contributed by atoms with E-state index in [1.807, 2.05) is 6.07 Å². The van der Waals surface area contributed by atoms with Crippen LogP contribution in [-0.2, 0) is 25.7 Å². The molecule has 112 valence electrons. The van der Waals surface area contributed by atoms with E-state index in [1.54, 1.807) is 31.2 Å². The van der Waals surface area contributed by atoms with E-state index in [9.17, 15) is 15.2 Å². The largest absolute Gasteiger partial charge is 0.465 e. The Morgan fingerprint density at radius 1 is 1.41 bits per heavy atom. The lowest BCUT2D eigenvalue weighted by atomic mass is 9.64. The molecular weight excluding hydrogens is 284 g/mol. The Morgan fingerprint density at radius 2 is 2.09 bits per heavy atom. The van der Waals surface area contributed by atoms with Crippen molar-refractivity contribution in [2.24, 2.45) is 5.41 Å². The molecule has 2 aliphatic heterocycles. The summed E-state index contributed by atoms with van der Waals surface area (Å²) < 4.78 is 10.7. The zero-order valence-electron chi connectivity index (χ0n) is 12.0. The van der Waals surface area contributed by atoms with Crippen LogP contribution in [0.3, 0.4) is 0 Å². The summed E-state index contributed by atoms with van der Waals surface area (Å²) >= 11 is 0. The van der Waals surface area contributed by atoms with Crippen molar-refractivity contribution in [3.8, 4) is 12.1 Å². The molecule has 6 nitrogen and oxygen atoms in total. The maximum Gasteiger partial charge on any atom is 0.319 e. The van der Waals surface area contributed by atoms with Gasteiger partial charge >= 0.3 is 5.97 Å². The second-order valence-corrected chi connectivity index (χ2v) is 5.54. The van der Waals surface area contributed by atoms with Crippen LogP contribution in [0.1, 0.15) is 30.9 Å². The molecular formula is C16H14N2O4. The lowest BCUT2D eigenvalue weighted by molar-refractivity contribution is -0.250. The molecule has 3 atom stereocenters. The number of carbonyl (C=O) groups excluding carboxylic acids is 1. The van der Waals surface area contributed by atoms with Crippen molar-refractivity contribution >= 4 is 5.97 Å². The van der Waals surface area contributed by atoms with Gasteiger partial charge in [0.05, 0.1) is 19.1 Å². The zero-order chi connectivity index (χ0) is 16.0. The highest BCUT2D eigenvalue weighted by Crippen LogP contribution is 2.66. The molecule has 1 saturated heterocycles. The van der Waals surface area contributed by atoms with Crippen LogP contribution in [0.5, 0.6) is 0 Å². The lowest BCUT2D eigenvalue weighted by Gasteiger charge is -2.37. The van der Waals surface area contributed by atoms with E-state index < -0.39 is 22.8 Å². The van der Waals surface area contributed by atoms with Crippen molar-refractivity contribution in [2.75, 3.05) is 6.61 Å². The van der Waals surface area contributed by atoms with Crippen LogP contribution in [0, 0.1) is 28.1 Å². The Hall–Kier alpha value is -2.41. The van der Waals surface area contributed by atoms with Gasteiger partial charge < -0.3 is 14.6 Å². The summed E-state index contributed by atoms with van der Waals surface area (Å²) in [6.07, 6.45) is -0.392. The Labute approximate surface area is 127 Å². The number of ether oxygens (including phenoxy) is 2. The van der Waals surface area contributed by atoms with Gasteiger partial charge in [-0.2, -0.15) is 10.5 Å². The third kappa shape index (κ3) is 1.46. The van der Waals surface area contributed by atoms with Gasteiger partial charge in [0, 0.05) is 17.5 Å². The number of hydrogen-bond donors (Lipinski definition) is 1. The summed E-state index contributed by atoms with van der Waals surface area (Å²) in [7, 11) is 0. The predicted molar refractivity (Wildman–Crippen MR) is 72.6 cm³/mol. The van der Waals surface area contributed by atoms with E-state index in [-0.39, 0.29) is 19.4 Å². The van der Waals surface area contributed by atoms with E-state index in [0.717, 1.165) is 0 Å². The normalized spacial score (nSPS) is 34.5. The maximum atomic E-state index is 12.5. The Bertz CT molecular complexity index is 734. The molecule has 1 aromatic rings. The number of aliphatic hydroxyl groups is 1. The minimum absolute atomic E-state index is 0.101. The first kappa shape index (κ1) is 14.5. The SMILES string of the molecule is CCOC(=O)C1(CC#N)CC2(C#N)OC1(O)c1ccccc12. The van der Waals surface area contributed by atoms with E-state index in [1.165, 1.54) is 0 Å². The first-order valence-corrected chi connectivity index (χ1v) is 6.97. The highest BCUT2D eigenvalue weighted by atomic mass is 16.7. The number of esters is 1. The molecule has 0 spiro atoms. The molecule has 2 aliphatic rings. The Morgan fingerprint density at radius 3 is 2.68 bits per heavy atom. The molecule has 1 N–H and O–H groups in total. The van der Waals surface area contributed by atoms with Gasteiger partial charge in [-0.25, -0.2) is 0 Å². The van der Waals surface area contributed by atoms with Crippen LogP contribution in [0.4, 0.5) is 0 Å². The quantitative estimate of drug-likeness (QED) is 0.847. The van der Waals surface area contributed by atoms with Crippen LogP contribution >= 0.6 is 0 Å². The zero-order valence-corrected chi connectivity index (χ0v) is 12.0. The van der Waals surface area contributed by atoms with Crippen molar-refractivity contribution in [3.05, 3.63) is 35.4 Å². The fraction of sp³-hybridized carbons (Fsp3) is 0.438. The van der Waals surface area contributed by atoms with Crippen molar-refractivity contribution in [2.45, 2.75) is 31.2 Å². The summed E-state index contributed by atoms with van der Waals surface area (Å²) in [5.74, 6) is -2.74. The van der Waals surface area contributed by atoms with E-state index in [4.69, 9.17) is 14.7 Å². The van der Waals surface area contributed by atoms with Crippen LogP contribution in [0.15, 0.2) is 24.3 Å². The van der Waals surface area contributed by atoms with Gasteiger partial charge in [-0.3, -0.25) is 4.79 Å². The molecule has 0 radical (unpaired) electrons. The smallest absolute Gasteiger partial charge is 0.319 e. The molecule has 22 heavy (non-hydrogen) atoms. The predicted octanol–water partition coefficient (Wildman–Crippen LogP) is 1.45. The molecule has 2 bridgehead atoms. The number of rotatable bonds is 3. The third-order valence-corrected chi connectivity index (χ3v) is 4.48. The van der Waals surface area contributed by atoms with Gasteiger partial charge in [0.15, 0.2) is 5.60 Å². The number of hydrogen-bond acceptors (Lipinski definition) is 6. The standard InChI is InChI=1S/C16H14N2O4/c1-2-21-13(19)14(7-8-17)9-15(10-18)11-5-3-4-6-12(11)16(14,20)22-15/h3-6,20H,2,7,9H2,1H3. The highest BCUT2D eigenvalue weighted by Gasteiger charge is 2.75. The highest BCUT2D eigenvalue weighted by molar-refractivity contribution is 5.81.